The number of carbonyl (C=O) groups is 1. The summed E-state index contributed by atoms with van der Waals surface area (Å²) in [4.78, 5) is 30.0. The molecule has 0 spiro atoms. The van der Waals surface area contributed by atoms with Gasteiger partial charge in [0.15, 0.2) is 4.96 Å². The first-order chi connectivity index (χ1) is 12.4. The van der Waals surface area contributed by atoms with E-state index in [-0.39, 0.29) is 29.9 Å². The Morgan fingerprint density at radius 3 is 2.92 bits per heavy atom. The molecule has 26 heavy (non-hydrogen) atoms. The topological polar surface area (TPSA) is 87.3 Å². The van der Waals surface area contributed by atoms with Crippen LogP contribution in [0.5, 0.6) is 0 Å². The monoisotopic (exact) mass is 370 g/mol. The Morgan fingerprint density at radius 2 is 2.23 bits per heavy atom. The quantitative estimate of drug-likeness (QED) is 0.760. The van der Waals surface area contributed by atoms with Gasteiger partial charge < -0.3 is 5.32 Å². The average Bonchev–Trinajstić information content (AvgIpc) is 2.92. The number of hydrogen-bond acceptors (Lipinski definition) is 5. The lowest BCUT2D eigenvalue weighted by molar-refractivity contribution is -0.120. The summed E-state index contributed by atoms with van der Waals surface area (Å²) in [6.45, 7) is 1.83. The van der Waals surface area contributed by atoms with Crippen LogP contribution in [0, 0.1) is 24.1 Å². The van der Waals surface area contributed by atoms with E-state index >= 15 is 0 Å². The summed E-state index contributed by atoms with van der Waals surface area (Å²) >= 11 is 1.31. The summed E-state index contributed by atoms with van der Waals surface area (Å²) < 4.78 is 15.7. The molecule has 0 unspecified atom stereocenters. The number of nitrogens with zero attached hydrogens (tertiary/aromatic N) is 3. The van der Waals surface area contributed by atoms with Gasteiger partial charge in [-0.05, 0) is 18.6 Å². The molecular weight excluding hydrogens is 355 g/mol. The molecule has 0 atom stereocenters. The molecule has 0 saturated carbocycles. The second-order valence-electron chi connectivity index (χ2n) is 5.73. The molecule has 2 heterocycles. The summed E-state index contributed by atoms with van der Waals surface area (Å²) in [7, 11) is 1.54. The van der Waals surface area contributed by atoms with Crippen LogP contribution < -0.4 is 10.9 Å². The number of thiazole rings is 1. The zero-order chi connectivity index (χ0) is 18.8. The fourth-order valence-corrected chi connectivity index (χ4v) is 3.72. The van der Waals surface area contributed by atoms with Crippen molar-refractivity contribution in [2.24, 2.45) is 0 Å². The van der Waals surface area contributed by atoms with E-state index in [1.165, 1.54) is 34.9 Å². The number of aromatic nitrogens is 2. The SMILES string of the molecule is CNC(=O)Cc1c(C)sc2nc(Cc3cccc(C#N)c3F)cc(=O)n12. The predicted molar refractivity (Wildman–Crippen MR) is 95.8 cm³/mol. The minimum absolute atomic E-state index is 0.0415. The molecule has 0 aliphatic rings. The highest BCUT2D eigenvalue weighted by molar-refractivity contribution is 7.17. The lowest BCUT2D eigenvalue weighted by Gasteiger charge is -2.05. The number of rotatable bonds is 4. The third-order valence-electron chi connectivity index (χ3n) is 4.04. The van der Waals surface area contributed by atoms with Crippen molar-refractivity contribution in [3.63, 3.8) is 0 Å². The second kappa shape index (κ2) is 7.06. The van der Waals surface area contributed by atoms with Crippen molar-refractivity contribution in [2.45, 2.75) is 19.8 Å². The van der Waals surface area contributed by atoms with E-state index in [0.717, 1.165) is 4.88 Å². The number of hydrogen-bond donors (Lipinski definition) is 1. The van der Waals surface area contributed by atoms with Crippen molar-refractivity contribution >= 4 is 22.2 Å². The largest absolute Gasteiger partial charge is 0.359 e. The van der Waals surface area contributed by atoms with Crippen LogP contribution >= 0.6 is 11.3 Å². The number of likely N-dealkylation sites (N-methyl/N-ethyl adjacent to an activating group) is 1. The average molecular weight is 370 g/mol. The molecule has 8 heteroatoms. The minimum Gasteiger partial charge on any atom is -0.359 e. The number of halogens is 1. The number of aryl methyl sites for hydroxylation is 1. The molecule has 0 fully saturated rings. The minimum atomic E-state index is -0.598. The van der Waals surface area contributed by atoms with Crippen LogP contribution in [0.25, 0.3) is 4.96 Å². The molecule has 3 rings (SSSR count). The summed E-state index contributed by atoms with van der Waals surface area (Å²) in [5.41, 5.74) is 0.965. The van der Waals surface area contributed by atoms with Crippen LogP contribution in [-0.2, 0) is 17.6 Å². The number of amides is 1. The molecule has 0 saturated heterocycles. The fourth-order valence-electron chi connectivity index (χ4n) is 2.71. The highest BCUT2D eigenvalue weighted by atomic mass is 32.1. The number of carbonyl (C=O) groups excluding carboxylic acids is 1. The summed E-state index contributed by atoms with van der Waals surface area (Å²) in [5.74, 6) is -0.793. The maximum atomic E-state index is 14.2. The van der Waals surface area contributed by atoms with Crippen molar-refractivity contribution in [2.75, 3.05) is 7.05 Å². The van der Waals surface area contributed by atoms with Gasteiger partial charge in [-0.2, -0.15) is 5.26 Å². The zero-order valence-corrected chi connectivity index (χ0v) is 15.0. The normalized spacial score (nSPS) is 10.7. The molecule has 0 bridgehead atoms. The molecule has 6 nitrogen and oxygen atoms in total. The van der Waals surface area contributed by atoms with E-state index in [1.807, 2.05) is 6.92 Å². The van der Waals surface area contributed by atoms with Gasteiger partial charge >= 0.3 is 0 Å². The van der Waals surface area contributed by atoms with Gasteiger partial charge in [0.25, 0.3) is 5.56 Å². The van der Waals surface area contributed by atoms with Crippen molar-refractivity contribution in [3.05, 3.63) is 67.8 Å². The molecule has 2 aromatic heterocycles. The smallest absolute Gasteiger partial charge is 0.258 e. The molecule has 1 aromatic carbocycles. The Bertz CT molecular complexity index is 1110. The molecule has 3 aromatic rings. The van der Waals surface area contributed by atoms with Crippen LogP contribution in [0.4, 0.5) is 4.39 Å². The van der Waals surface area contributed by atoms with Gasteiger partial charge in [-0.3, -0.25) is 14.0 Å². The lowest BCUT2D eigenvalue weighted by atomic mass is 10.1. The van der Waals surface area contributed by atoms with Crippen molar-refractivity contribution in [3.8, 4) is 6.07 Å². The van der Waals surface area contributed by atoms with Crippen LogP contribution in [0.15, 0.2) is 29.1 Å². The van der Waals surface area contributed by atoms with Gasteiger partial charge in [0.2, 0.25) is 5.91 Å². The van der Waals surface area contributed by atoms with Gasteiger partial charge in [0.1, 0.15) is 11.9 Å². The van der Waals surface area contributed by atoms with E-state index in [4.69, 9.17) is 5.26 Å². The van der Waals surface area contributed by atoms with Crippen molar-refractivity contribution < 1.29 is 9.18 Å². The lowest BCUT2D eigenvalue weighted by Crippen LogP contribution is -2.24. The van der Waals surface area contributed by atoms with E-state index < -0.39 is 5.82 Å². The first-order valence-corrected chi connectivity index (χ1v) is 8.65. The van der Waals surface area contributed by atoms with Crippen LogP contribution in [0.2, 0.25) is 0 Å². The van der Waals surface area contributed by atoms with E-state index in [1.54, 1.807) is 18.2 Å². The van der Waals surface area contributed by atoms with Crippen molar-refractivity contribution in [1.29, 1.82) is 5.26 Å². The molecule has 0 aliphatic heterocycles. The number of fused-ring (bicyclic) bond motifs is 1. The van der Waals surface area contributed by atoms with Gasteiger partial charge in [0, 0.05) is 24.4 Å². The number of nitrogens with one attached hydrogen (secondary N) is 1. The Balaban J connectivity index is 2.04. The highest BCUT2D eigenvalue weighted by Gasteiger charge is 2.16. The number of nitriles is 1. The highest BCUT2D eigenvalue weighted by Crippen LogP contribution is 2.21. The predicted octanol–water partition coefficient (Wildman–Crippen LogP) is 1.95. The van der Waals surface area contributed by atoms with Gasteiger partial charge in [-0.15, -0.1) is 11.3 Å². The second-order valence-corrected chi connectivity index (χ2v) is 6.91. The first-order valence-electron chi connectivity index (χ1n) is 7.83. The Labute approximate surface area is 152 Å². The molecular formula is C18H15FN4O2S. The van der Waals surface area contributed by atoms with Gasteiger partial charge in [0.05, 0.1) is 23.4 Å². The summed E-state index contributed by atoms with van der Waals surface area (Å²) in [6.07, 6.45) is 0.191. The molecule has 132 valence electrons. The summed E-state index contributed by atoms with van der Waals surface area (Å²) in [5, 5.41) is 11.5. The van der Waals surface area contributed by atoms with E-state index in [2.05, 4.69) is 10.3 Å². The first kappa shape index (κ1) is 17.8. The Morgan fingerprint density at radius 1 is 1.46 bits per heavy atom. The van der Waals surface area contributed by atoms with Gasteiger partial charge in [-0.25, -0.2) is 9.37 Å². The standard InChI is InChI=1S/C18H15FN4O2S/c1-10-14(8-15(24)21-2)23-16(25)7-13(22-18(23)26-10)6-11-4-3-5-12(9-20)17(11)19/h3-5,7H,6,8H2,1-2H3,(H,21,24). The van der Waals surface area contributed by atoms with Crippen LogP contribution in [-0.4, -0.2) is 22.3 Å². The third kappa shape index (κ3) is 3.21. The van der Waals surface area contributed by atoms with E-state index in [0.29, 0.717) is 21.9 Å². The fraction of sp³-hybridized carbons (Fsp3) is 0.222. The number of benzene rings is 1. The maximum absolute atomic E-state index is 14.2. The van der Waals surface area contributed by atoms with Crippen LogP contribution in [0.3, 0.4) is 0 Å². The molecule has 0 aliphatic carbocycles. The third-order valence-corrected chi connectivity index (χ3v) is 5.04. The molecule has 0 radical (unpaired) electrons. The Kier molecular flexibility index (Phi) is 4.82. The van der Waals surface area contributed by atoms with Crippen molar-refractivity contribution in [1.82, 2.24) is 14.7 Å². The zero-order valence-electron chi connectivity index (χ0n) is 14.2. The summed E-state index contributed by atoms with van der Waals surface area (Å²) in [6, 6.07) is 7.70. The molecule has 1 amide bonds. The molecule has 1 N–H and O–H groups in total. The Hall–Kier alpha value is -3.05. The van der Waals surface area contributed by atoms with E-state index in [9.17, 15) is 14.0 Å². The maximum Gasteiger partial charge on any atom is 0.258 e. The van der Waals surface area contributed by atoms with Gasteiger partial charge in [-0.1, -0.05) is 12.1 Å². The van der Waals surface area contributed by atoms with Crippen LogP contribution in [0.1, 0.15) is 27.4 Å².